The molecule has 1 atom stereocenters. The van der Waals surface area contributed by atoms with E-state index in [0.29, 0.717) is 11.8 Å². The molecule has 1 aliphatic rings. The number of furan rings is 1. The van der Waals surface area contributed by atoms with Gasteiger partial charge in [0.05, 0.1) is 18.1 Å². The lowest BCUT2D eigenvalue weighted by Gasteiger charge is -2.16. The predicted molar refractivity (Wildman–Crippen MR) is 135 cm³/mol. The van der Waals surface area contributed by atoms with Crippen molar-refractivity contribution in [2.75, 3.05) is 0 Å². The first-order valence-corrected chi connectivity index (χ1v) is 12.2. The van der Waals surface area contributed by atoms with Gasteiger partial charge < -0.3 is 14.3 Å². The Balaban J connectivity index is 1.45. The van der Waals surface area contributed by atoms with Gasteiger partial charge in [-0.3, -0.25) is 4.79 Å². The Hall–Kier alpha value is -3.67. The van der Waals surface area contributed by atoms with E-state index in [1.54, 1.807) is 18.2 Å². The van der Waals surface area contributed by atoms with Crippen LogP contribution in [0, 0.1) is 19.7 Å². The fourth-order valence-corrected chi connectivity index (χ4v) is 4.86. The number of hydrogen-bond donors (Lipinski definition) is 1. The van der Waals surface area contributed by atoms with Crippen LogP contribution >= 0.6 is 0 Å². The molecule has 0 spiro atoms. The number of aromatic nitrogens is 2. The zero-order valence-electron chi connectivity index (χ0n) is 20.3. The molecule has 180 valence electrons. The first kappa shape index (κ1) is 23.1. The quantitative estimate of drug-likeness (QED) is 0.324. The first-order valence-electron chi connectivity index (χ1n) is 12.2. The Kier molecular flexibility index (Phi) is 6.29. The van der Waals surface area contributed by atoms with E-state index in [1.165, 1.54) is 36.1 Å². The van der Waals surface area contributed by atoms with Crippen molar-refractivity contribution in [2.45, 2.75) is 58.5 Å². The molecule has 1 aliphatic carbocycles. The number of amides is 1. The van der Waals surface area contributed by atoms with Gasteiger partial charge >= 0.3 is 0 Å². The summed E-state index contributed by atoms with van der Waals surface area (Å²) in [7, 11) is 0. The third-order valence-electron chi connectivity index (χ3n) is 7.07. The molecule has 1 N–H and O–H groups in total. The maximum atomic E-state index is 13.5. The van der Waals surface area contributed by atoms with Gasteiger partial charge in [-0.2, -0.15) is 0 Å². The third kappa shape index (κ3) is 4.65. The van der Waals surface area contributed by atoms with E-state index in [-0.39, 0.29) is 23.5 Å². The van der Waals surface area contributed by atoms with Crippen molar-refractivity contribution in [1.29, 1.82) is 0 Å². The molecule has 2 aromatic carbocycles. The molecule has 0 bridgehead atoms. The molecule has 0 aliphatic heterocycles. The van der Waals surface area contributed by atoms with E-state index >= 15 is 0 Å². The van der Waals surface area contributed by atoms with Crippen molar-refractivity contribution in [1.82, 2.24) is 14.9 Å². The maximum Gasteiger partial charge on any atom is 0.287 e. The van der Waals surface area contributed by atoms with E-state index in [1.807, 2.05) is 25.4 Å². The predicted octanol–water partition coefficient (Wildman–Crippen LogP) is 7.17. The highest BCUT2D eigenvalue weighted by atomic mass is 19.1. The van der Waals surface area contributed by atoms with Crippen molar-refractivity contribution < 1.29 is 13.6 Å². The molecule has 5 rings (SSSR count). The number of imidazole rings is 1. The maximum absolute atomic E-state index is 13.5. The first-order chi connectivity index (χ1) is 16.9. The lowest BCUT2D eigenvalue weighted by Crippen LogP contribution is -2.26. The smallest absolute Gasteiger partial charge is 0.287 e. The molecule has 1 amide bonds. The van der Waals surface area contributed by atoms with Crippen molar-refractivity contribution >= 4 is 5.91 Å². The normalized spacial score (nSPS) is 14.9. The fourth-order valence-electron chi connectivity index (χ4n) is 4.86. The minimum atomic E-state index is -0.291. The highest BCUT2D eigenvalue weighted by Crippen LogP contribution is 2.39. The van der Waals surface area contributed by atoms with E-state index in [0.717, 1.165) is 35.4 Å². The van der Waals surface area contributed by atoms with Crippen LogP contribution < -0.4 is 5.32 Å². The zero-order valence-corrected chi connectivity index (χ0v) is 20.3. The van der Waals surface area contributed by atoms with Crippen LogP contribution in [-0.2, 0) is 0 Å². The van der Waals surface area contributed by atoms with Crippen molar-refractivity contribution in [3.05, 3.63) is 89.2 Å². The molecule has 4 aromatic rings. The molecule has 5 nitrogen and oxygen atoms in total. The zero-order chi connectivity index (χ0) is 24.5. The van der Waals surface area contributed by atoms with Crippen LogP contribution in [0.5, 0.6) is 0 Å². The van der Waals surface area contributed by atoms with Crippen molar-refractivity contribution in [3.63, 3.8) is 0 Å². The number of hydrogen-bond acceptors (Lipinski definition) is 3. The van der Waals surface area contributed by atoms with Gasteiger partial charge in [0.25, 0.3) is 5.91 Å². The Bertz CT molecular complexity index is 1350. The number of rotatable bonds is 6. The van der Waals surface area contributed by atoms with Crippen LogP contribution in [0.2, 0.25) is 0 Å². The van der Waals surface area contributed by atoms with Gasteiger partial charge in [0.1, 0.15) is 11.5 Å². The largest absolute Gasteiger partial charge is 0.449 e. The second-order valence-corrected chi connectivity index (χ2v) is 9.50. The molecule has 6 heteroatoms. The second-order valence-electron chi connectivity index (χ2n) is 9.50. The molecule has 0 saturated heterocycles. The number of nitrogens with zero attached hydrogens (tertiary/aromatic N) is 2. The van der Waals surface area contributed by atoms with Gasteiger partial charge in [0.2, 0.25) is 0 Å². The van der Waals surface area contributed by atoms with E-state index in [9.17, 15) is 9.18 Å². The molecular weight excluding hydrogens is 441 g/mol. The summed E-state index contributed by atoms with van der Waals surface area (Å²) in [6.07, 6.45) is 6.35. The summed E-state index contributed by atoms with van der Waals surface area (Å²) in [6, 6.07) is 16.2. The summed E-state index contributed by atoms with van der Waals surface area (Å²) >= 11 is 0. The third-order valence-corrected chi connectivity index (χ3v) is 7.07. The van der Waals surface area contributed by atoms with E-state index in [2.05, 4.69) is 40.8 Å². The number of benzene rings is 2. The molecule has 1 saturated carbocycles. The summed E-state index contributed by atoms with van der Waals surface area (Å²) in [4.78, 5) is 17.7. The number of halogens is 1. The van der Waals surface area contributed by atoms with Gasteiger partial charge in [-0.05, 0) is 86.7 Å². The lowest BCUT2D eigenvalue weighted by atomic mass is 10.0. The molecule has 35 heavy (non-hydrogen) atoms. The monoisotopic (exact) mass is 471 g/mol. The van der Waals surface area contributed by atoms with E-state index in [4.69, 9.17) is 4.42 Å². The topological polar surface area (TPSA) is 60.1 Å². The number of carbonyl (C=O) groups excluding carboxylic acids is 1. The summed E-state index contributed by atoms with van der Waals surface area (Å²) < 4.78 is 21.8. The minimum absolute atomic E-state index is 0.158. The molecule has 0 radical (unpaired) electrons. The van der Waals surface area contributed by atoms with Crippen LogP contribution in [0.4, 0.5) is 4.39 Å². The van der Waals surface area contributed by atoms with Crippen molar-refractivity contribution in [3.8, 4) is 22.7 Å². The average Bonchev–Trinajstić information content (AvgIpc) is 3.61. The molecule has 1 fully saturated rings. The standard InChI is InChI=1S/C29H30FN3O2/c1-18-8-9-22(16-19(18)2)20(3)32-29(34)26-15-14-25(35-26)28-27(21-10-12-23(30)13-11-21)31-17-33(28)24-6-4-5-7-24/h8-17,20,24H,4-7H2,1-3H3,(H,32,34)/t20-/m0/s1. The van der Waals surface area contributed by atoms with Gasteiger partial charge in [-0.15, -0.1) is 0 Å². The van der Waals surface area contributed by atoms with Crippen LogP contribution in [0.15, 0.2) is 65.3 Å². The highest BCUT2D eigenvalue weighted by molar-refractivity contribution is 5.92. The summed E-state index contributed by atoms with van der Waals surface area (Å²) in [5.41, 5.74) is 5.82. The number of nitrogens with one attached hydrogen (secondary N) is 1. The van der Waals surface area contributed by atoms with Crippen LogP contribution in [-0.4, -0.2) is 15.5 Å². The average molecular weight is 472 g/mol. The number of carbonyl (C=O) groups is 1. The number of aryl methyl sites for hydroxylation is 2. The Labute approximate surface area is 205 Å². The fraction of sp³-hybridized carbons (Fsp3) is 0.310. The molecule has 2 heterocycles. The minimum Gasteiger partial charge on any atom is -0.449 e. The van der Waals surface area contributed by atoms with Gasteiger partial charge in [0, 0.05) is 11.6 Å². The van der Waals surface area contributed by atoms with Gasteiger partial charge in [-0.1, -0.05) is 31.0 Å². The SMILES string of the molecule is Cc1ccc([C@H](C)NC(=O)c2ccc(-c3c(-c4ccc(F)cc4)ncn3C3CCCC3)o2)cc1C. The summed E-state index contributed by atoms with van der Waals surface area (Å²) in [5, 5.41) is 3.04. The second kappa shape index (κ2) is 9.53. The van der Waals surface area contributed by atoms with Crippen LogP contribution in [0.25, 0.3) is 22.7 Å². The molecule has 2 aromatic heterocycles. The van der Waals surface area contributed by atoms with Gasteiger partial charge in [0.15, 0.2) is 11.5 Å². The van der Waals surface area contributed by atoms with Gasteiger partial charge in [-0.25, -0.2) is 9.37 Å². The summed E-state index contributed by atoms with van der Waals surface area (Å²) in [5.74, 6) is 0.273. The summed E-state index contributed by atoms with van der Waals surface area (Å²) in [6.45, 7) is 6.11. The molecular formula is C29H30FN3O2. The van der Waals surface area contributed by atoms with E-state index < -0.39 is 0 Å². The van der Waals surface area contributed by atoms with Crippen LogP contribution in [0.1, 0.15) is 71.9 Å². The van der Waals surface area contributed by atoms with Crippen LogP contribution in [0.3, 0.4) is 0 Å². The highest BCUT2D eigenvalue weighted by Gasteiger charge is 2.26. The van der Waals surface area contributed by atoms with Crippen molar-refractivity contribution in [2.24, 2.45) is 0 Å². The Morgan fingerprint density at radius 2 is 1.80 bits per heavy atom. The Morgan fingerprint density at radius 3 is 2.51 bits per heavy atom. The molecule has 0 unspecified atom stereocenters. The lowest BCUT2D eigenvalue weighted by molar-refractivity contribution is 0.0912. The Morgan fingerprint density at radius 1 is 1.06 bits per heavy atom.